The number of likely N-dealkylation sites (tertiary alicyclic amines) is 1. The Morgan fingerprint density at radius 3 is 2.60 bits per heavy atom. The second kappa shape index (κ2) is 10.6. The van der Waals surface area contributed by atoms with Crippen LogP contribution in [0.5, 0.6) is 0 Å². The summed E-state index contributed by atoms with van der Waals surface area (Å²) in [6, 6.07) is 0.806. The fourth-order valence-electron chi connectivity index (χ4n) is 3.04. The molecule has 1 saturated heterocycles. The molecular formula is C17H37N3. The van der Waals surface area contributed by atoms with Gasteiger partial charge >= 0.3 is 0 Å². The van der Waals surface area contributed by atoms with Crippen LogP contribution in [0.3, 0.4) is 0 Å². The van der Waals surface area contributed by atoms with Crippen molar-refractivity contribution in [2.75, 3.05) is 46.8 Å². The van der Waals surface area contributed by atoms with Gasteiger partial charge in [-0.15, -0.1) is 0 Å². The third-order valence-electron chi connectivity index (χ3n) is 4.39. The van der Waals surface area contributed by atoms with Crippen LogP contribution in [0.2, 0.25) is 0 Å². The van der Waals surface area contributed by atoms with Gasteiger partial charge in [-0.2, -0.15) is 0 Å². The summed E-state index contributed by atoms with van der Waals surface area (Å²) in [5, 5.41) is 3.52. The van der Waals surface area contributed by atoms with Gasteiger partial charge in [-0.3, -0.25) is 0 Å². The summed E-state index contributed by atoms with van der Waals surface area (Å²) >= 11 is 0. The monoisotopic (exact) mass is 283 g/mol. The fraction of sp³-hybridized carbons (Fsp3) is 1.00. The minimum absolute atomic E-state index is 0.775. The maximum absolute atomic E-state index is 3.52. The maximum atomic E-state index is 3.52. The Labute approximate surface area is 127 Å². The molecule has 1 rings (SSSR count). The summed E-state index contributed by atoms with van der Waals surface area (Å²) in [5.41, 5.74) is 0. The Morgan fingerprint density at radius 2 is 1.95 bits per heavy atom. The van der Waals surface area contributed by atoms with E-state index >= 15 is 0 Å². The van der Waals surface area contributed by atoms with Gasteiger partial charge in [-0.05, 0) is 71.9 Å². The average Bonchev–Trinajstić information content (AvgIpc) is 2.78. The molecule has 1 heterocycles. The molecule has 3 heteroatoms. The molecule has 0 aromatic heterocycles. The van der Waals surface area contributed by atoms with Crippen molar-refractivity contribution in [2.45, 2.75) is 58.4 Å². The first kappa shape index (κ1) is 17.9. The predicted octanol–water partition coefficient (Wildman–Crippen LogP) is 2.82. The highest BCUT2D eigenvalue weighted by molar-refractivity contribution is 4.78. The largest absolute Gasteiger partial charge is 0.316 e. The van der Waals surface area contributed by atoms with Gasteiger partial charge in [-0.1, -0.05) is 26.7 Å². The van der Waals surface area contributed by atoms with Crippen molar-refractivity contribution in [3.05, 3.63) is 0 Å². The normalized spacial score (nSPS) is 20.4. The number of nitrogens with zero attached hydrogens (tertiary/aromatic N) is 2. The molecule has 1 N–H and O–H groups in total. The molecule has 0 bridgehead atoms. The van der Waals surface area contributed by atoms with Gasteiger partial charge in [0.05, 0.1) is 0 Å². The number of unbranched alkanes of at least 4 members (excludes halogenated alkanes) is 3. The highest BCUT2D eigenvalue weighted by Gasteiger charge is 2.21. The van der Waals surface area contributed by atoms with E-state index in [9.17, 15) is 0 Å². The number of hydrogen-bond acceptors (Lipinski definition) is 3. The van der Waals surface area contributed by atoms with Crippen LogP contribution in [0.4, 0.5) is 0 Å². The molecule has 0 spiro atoms. The Balaban J connectivity index is 1.88. The van der Waals surface area contributed by atoms with Crippen molar-refractivity contribution in [1.82, 2.24) is 15.1 Å². The quantitative estimate of drug-likeness (QED) is 0.588. The molecule has 1 aliphatic heterocycles. The van der Waals surface area contributed by atoms with Crippen LogP contribution in [0.1, 0.15) is 52.4 Å². The van der Waals surface area contributed by atoms with Crippen molar-refractivity contribution >= 4 is 0 Å². The Hall–Kier alpha value is -0.120. The molecule has 1 aliphatic rings. The van der Waals surface area contributed by atoms with Crippen LogP contribution in [0, 0.1) is 5.92 Å². The second-order valence-corrected chi connectivity index (χ2v) is 7.05. The van der Waals surface area contributed by atoms with Crippen LogP contribution in [-0.4, -0.2) is 62.7 Å². The van der Waals surface area contributed by atoms with Crippen molar-refractivity contribution in [2.24, 2.45) is 5.92 Å². The topological polar surface area (TPSA) is 18.5 Å². The van der Waals surface area contributed by atoms with Gasteiger partial charge in [0, 0.05) is 12.6 Å². The molecule has 1 atom stereocenters. The van der Waals surface area contributed by atoms with Gasteiger partial charge in [0.15, 0.2) is 0 Å². The lowest BCUT2D eigenvalue weighted by atomic mass is 10.1. The van der Waals surface area contributed by atoms with Crippen LogP contribution in [0.25, 0.3) is 0 Å². The summed E-state index contributed by atoms with van der Waals surface area (Å²) in [7, 11) is 4.56. The number of likely N-dealkylation sites (N-methyl/N-ethyl adjacent to an activating group) is 2. The standard InChI is InChI=1S/C17H37N3/c1-16(2)14-18-11-7-5-6-8-12-19(3)15-17-10-9-13-20(17)4/h16-18H,5-15H2,1-4H3. The van der Waals surface area contributed by atoms with E-state index in [4.69, 9.17) is 0 Å². The van der Waals surface area contributed by atoms with Crippen LogP contribution < -0.4 is 5.32 Å². The van der Waals surface area contributed by atoms with Gasteiger partial charge in [0.2, 0.25) is 0 Å². The molecule has 0 aliphatic carbocycles. The smallest absolute Gasteiger partial charge is 0.0220 e. The van der Waals surface area contributed by atoms with Crippen LogP contribution in [0.15, 0.2) is 0 Å². The van der Waals surface area contributed by atoms with E-state index in [1.807, 2.05) is 0 Å². The van der Waals surface area contributed by atoms with E-state index in [1.54, 1.807) is 0 Å². The average molecular weight is 284 g/mol. The van der Waals surface area contributed by atoms with E-state index in [-0.39, 0.29) is 0 Å². The minimum Gasteiger partial charge on any atom is -0.316 e. The van der Waals surface area contributed by atoms with E-state index in [0.29, 0.717) is 0 Å². The van der Waals surface area contributed by atoms with Gasteiger partial charge in [0.1, 0.15) is 0 Å². The van der Waals surface area contributed by atoms with E-state index in [0.717, 1.165) is 18.5 Å². The molecule has 3 nitrogen and oxygen atoms in total. The predicted molar refractivity (Wildman–Crippen MR) is 89.3 cm³/mol. The molecule has 1 fully saturated rings. The second-order valence-electron chi connectivity index (χ2n) is 7.05. The molecule has 0 saturated carbocycles. The lowest BCUT2D eigenvalue weighted by Crippen LogP contribution is -2.37. The maximum Gasteiger partial charge on any atom is 0.0220 e. The zero-order valence-electron chi connectivity index (χ0n) is 14.3. The van der Waals surface area contributed by atoms with Gasteiger partial charge in [-0.25, -0.2) is 0 Å². The van der Waals surface area contributed by atoms with Crippen molar-refractivity contribution < 1.29 is 0 Å². The molecule has 120 valence electrons. The highest BCUT2D eigenvalue weighted by Crippen LogP contribution is 2.15. The summed E-state index contributed by atoms with van der Waals surface area (Å²) in [5.74, 6) is 0.775. The zero-order chi connectivity index (χ0) is 14.8. The third-order valence-corrected chi connectivity index (χ3v) is 4.39. The van der Waals surface area contributed by atoms with Gasteiger partial charge in [0.25, 0.3) is 0 Å². The molecule has 0 amide bonds. The fourth-order valence-corrected chi connectivity index (χ4v) is 3.04. The summed E-state index contributed by atoms with van der Waals surface area (Å²) < 4.78 is 0. The Kier molecular flexibility index (Phi) is 9.49. The lowest BCUT2D eigenvalue weighted by Gasteiger charge is -2.25. The molecule has 0 aromatic rings. The molecular weight excluding hydrogens is 246 g/mol. The Morgan fingerprint density at radius 1 is 1.20 bits per heavy atom. The van der Waals surface area contributed by atoms with Crippen molar-refractivity contribution in [3.63, 3.8) is 0 Å². The first-order chi connectivity index (χ1) is 9.59. The highest BCUT2D eigenvalue weighted by atomic mass is 15.2. The minimum atomic E-state index is 0.775. The first-order valence-corrected chi connectivity index (χ1v) is 8.69. The first-order valence-electron chi connectivity index (χ1n) is 8.69. The molecule has 0 radical (unpaired) electrons. The van der Waals surface area contributed by atoms with Crippen molar-refractivity contribution in [1.29, 1.82) is 0 Å². The summed E-state index contributed by atoms with van der Waals surface area (Å²) in [4.78, 5) is 5.06. The van der Waals surface area contributed by atoms with Crippen molar-refractivity contribution in [3.8, 4) is 0 Å². The number of hydrogen-bond donors (Lipinski definition) is 1. The lowest BCUT2D eigenvalue weighted by molar-refractivity contribution is 0.217. The number of rotatable bonds is 11. The van der Waals surface area contributed by atoms with Crippen LogP contribution in [-0.2, 0) is 0 Å². The summed E-state index contributed by atoms with van der Waals surface area (Å²) in [6.45, 7) is 10.7. The van der Waals surface area contributed by atoms with E-state index in [1.165, 1.54) is 64.7 Å². The SMILES string of the molecule is CC(C)CNCCCCCCN(C)CC1CCCN1C. The zero-order valence-corrected chi connectivity index (χ0v) is 14.3. The van der Waals surface area contributed by atoms with Crippen LogP contribution >= 0.6 is 0 Å². The molecule has 0 aromatic carbocycles. The summed E-state index contributed by atoms with van der Waals surface area (Å²) in [6.07, 6.45) is 8.23. The van der Waals surface area contributed by atoms with E-state index in [2.05, 4.69) is 43.1 Å². The molecule has 1 unspecified atom stereocenters. The number of nitrogens with one attached hydrogen (secondary N) is 1. The third kappa shape index (κ3) is 8.23. The van der Waals surface area contributed by atoms with E-state index < -0.39 is 0 Å². The Bertz CT molecular complexity index is 230. The molecule has 20 heavy (non-hydrogen) atoms. The van der Waals surface area contributed by atoms with Gasteiger partial charge < -0.3 is 15.1 Å².